The molecule has 1 aliphatic heterocycles. The van der Waals surface area contributed by atoms with Crippen molar-refractivity contribution in [2.75, 3.05) is 32.0 Å². The number of nitrogens with zero attached hydrogens (tertiary/aromatic N) is 2. The van der Waals surface area contributed by atoms with E-state index in [2.05, 4.69) is 5.32 Å². The standard InChI is InChI=1S/C23H26F3N3O2/c1-28(16-20(30)27-19-13-7-6-12-18(19)23(24,25)26)21(17-10-4-2-5-11-17)22(31)29-14-8-3-9-15-29/h2,4-7,10-13,21H,3,8-9,14-16H2,1H3,(H,27,30). The number of piperidine rings is 1. The van der Waals surface area contributed by atoms with Gasteiger partial charge in [0.25, 0.3) is 0 Å². The maximum absolute atomic E-state index is 13.3. The molecule has 1 atom stereocenters. The molecule has 0 spiro atoms. The highest BCUT2D eigenvalue weighted by Gasteiger charge is 2.34. The number of anilines is 1. The van der Waals surface area contributed by atoms with Gasteiger partial charge in [-0.1, -0.05) is 42.5 Å². The molecule has 2 aromatic rings. The van der Waals surface area contributed by atoms with E-state index in [0.717, 1.165) is 30.9 Å². The Kier molecular flexibility index (Phi) is 7.33. The van der Waals surface area contributed by atoms with Gasteiger partial charge in [0, 0.05) is 13.1 Å². The average molecular weight is 433 g/mol. The maximum atomic E-state index is 13.3. The first-order valence-electron chi connectivity index (χ1n) is 10.3. The Bertz CT molecular complexity index is 896. The number of halogens is 3. The molecule has 0 bridgehead atoms. The lowest BCUT2D eigenvalue weighted by Crippen LogP contribution is -2.45. The number of carbonyl (C=O) groups excluding carboxylic acids is 2. The van der Waals surface area contributed by atoms with Gasteiger partial charge in [-0.15, -0.1) is 0 Å². The molecule has 1 heterocycles. The number of hydrogen-bond acceptors (Lipinski definition) is 3. The average Bonchev–Trinajstić information content (AvgIpc) is 2.74. The lowest BCUT2D eigenvalue weighted by atomic mass is 10.0. The molecule has 8 heteroatoms. The van der Waals surface area contributed by atoms with E-state index in [9.17, 15) is 22.8 Å². The zero-order chi connectivity index (χ0) is 22.4. The Labute approximate surface area is 179 Å². The molecule has 3 rings (SSSR count). The number of hydrogen-bond donors (Lipinski definition) is 1. The lowest BCUT2D eigenvalue weighted by molar-refractivity contribution is -0.138. The zero-order valence-corrected chi connectivity index (χ0v) is 17.4. The van der Waals surface area contributed by atoms with Crippen molar-refractivity contribution in [2.24, 2.45) is 0 Å². The molecule has 166 valence electrons. The Hall–Kier alpha value is -2.87. The SMILES string of the molecule is CN(CC(=O)Nc1ccccc1C(F)(F)F)C(C(=O)N1CCCCC1)c1ccccc1. The van der Waals surface area contributed by atoms with Crippen molar-refractivity contribution in [1.29, 1.82) is 0 Å². The molecule has 5 nitrogen and oxygen atoms in total. The third kappa shape index (κ3) is 5.85. The summed E-state index contributed by atoms with van der Waals surface area (Å²) in [6, 6.07) is 13.3. The summed E-state index contributed by atoms with van der Waals surface area (Å²) in [5.41, 5.74) is -0.467. The fourth-order valence-corrected chi connectivity index (χ4v) is 3.85. The minimum atomic E-state index is -4.58. The molecule has 31 heavy (non-hydrogen) atoms. The van der Waals surface area contributed by atoms with E-state index in [4.69, 9.17) is 0 Å². The molecular formula is C23H26F3N3O2. The van der Waals surface area contributed by atoms with Gasteiger partial charge in [-0.25, -0.2) is 0 Å². The monoisotopic (exact) mass is 433 g/mol. The molecule has 2 amide bonds. The van der Waals surface area contributed by atoms with Gasteiger partial charge in [0.1, 0.15) is 6.04 Å². The summed E-state index contributed by atoms with van der Waals surface area (Å²) in [5.74, 6) is -0.719. The van der Waals surface area contributed by atoms with E-state index in [-0.39, 0.29) is 18.1 Å². The molecule has 1 aliphatic rings. The van der Waals surface area contributed by atoms with Crippen LogP contribution in [0.3, 0.4) is 0 Å². The van der Waals surface area contributed by atoms with Crippen LogP contribution in [-0.2, 0) is 15.8 Å². The molecule has 0 saturated carbocycles. The molecule has 1 unspecified atom stereocenters. The second-order valence-electron chi connectivity index (χ2n) is 7.71. The first-order valence-corrected chi connectivity index (χ1v) is 10.3. The van der Waals surface area contributed by atoms with Crippen LogP contribution in [0.2, 0.25) is 0 Å². The van der Waals surface area contributed by atoms with Crippen LogP contribution < -0.4 is 5.32 Å². The molecule has 0 radical (unpaired) electrons. The van der Waals surface area contributed by atoms with Gasteiger partial charge in [0.15, 0.2) is 0 Å². The number of likely N-dealkylation sites (tertiary alicyclic amines) is 1. The minimum Gasteiger partial charge on any atom is -0.341 e. The van der Waals surface area contributed by atoms with E-state index in [1.165, 1.54) is 18.2 Å². The largest absolute Gasteiger partial charge is 0.418 e. The third-order valence-corrected chi connectivity index (χ3v) is 5.36. The lowest BCUT2D eigenvalue weighted by Gasteiger charge is -2.34. The van der Waals surface area contributed by atoms with Crippen LogP contribution in [-0.4, -0.2) is 48.3 Å². The highest BCUT2D eigenvalue weighted by Crippen LogP contribution is 2.34. The Morgan fingerprint density at radius 1 is 1.00 bits per heavy atom. The van der Waals surface area contributed by atoms with Crippen LogP contribution >= 0.6 is 0 Å². The summed E-state index contributed by atoms with van der Waals surface area (Å²) >= 11 is 0. The summed E-state index contributed by atoms with van der Waals surface area (Å²) in [4.78, 5) is 29.2. The molecule has 0 aromatic heterocycles. The number of carbonyl (C=O) groups is 2. The van der Waals surface area contributed by atoms with E-state index >= 15 is 0 Å². The number of amides is 2. The van der Waals surface area contributed by atoms with Gasteiger partial charge in [0.2, 0.25) is 11.8 Å². The van der Waals surface area contributed by atoms with Crippen LogP contribution in [0.15, 0.2) is 54.6 Å². The molecule has 0 aliphatic carbocycles. The number of benzene rings is 2. The topological polar surface area (TPSA) is 52.7 Å². The first kappa shape index (κ1) is 22.8. The quantitative estimate of drug-likeness (QED) is 0.738. The van der Waals surface area contributed by atoms with Gasteiger partial charge in [-0.3, -0.25) is 14.5 Å². The van der Waals surface area contributed by atoms with E-state index in [1.54, 1.807) is 16.8 Å². The van der Waals surface area contributed by atoms with Crippen molar-refractivity contribution in [3.8, 4) is 0 Å². The van der Waals surface area contributed by atoms with E-state index in [1.807, 2.05) is 30.3 Å². The van der Waals surface area contributed by atoms with Crippen molar-refractivity contribution in [3.63, 3.8) is 0 Å². The van der Waals surface area contributed by atoms with Crippen molar-refractivity contribution < 1.29 is 22.8 Å². The zero-order valence-electron chi connectivity index (χ0n) is 17.4. The van der Waals surface area contributed by atoms with Gasteiger partial charge in [-0.2, -0.15) is 13.2 Å². The highest BCUT2D eigenvalue weighted by molar-refractivity contribution is 5.93. The minimum absolute atomic E-state index is 0.100. The second kappa shape index (κ2) is 9.96. The van der Waals surface area contributed by atoms with Gasteiger partial charge < -0.3 is 10.2 Å². The van der Waals surface area contributed by atoms with Crippen molar-refractivity contribution in [2.45, 2.75) is 31.5 Å². The summed E-state index contributed by atoms with van der Waals surface area (Å²) in [7, 11) is 1.63. The van der Waals surface area contributed by atoms with Crippen LogP contribution in [0.1, 0.15) is 36.4 Å². The van der Waals surface area contributed by atoms with Crippen LogP contribution in [0.25, 0.3) is 0 Å². The number of alkyl halides is 3. The maximum Gasteiger partial charge on any atom is 0.418 e. The van der Waals surface area contributed by atoms with Gasteiger partial charge in [-0.05, 0) is 44.0 Å². The number of rotatable bonds is 6. The Balaban J connectivity index is 1.77. The second-order valence-corrected chi connectivity index (χ2v) is 7.71. The van der Waals surface area contributed by atoms with E-state index < -0.39 is 23.7 Å². The predicted octanol–water partition coefficient (Wildman–Crippen LogP) is 4.33. The highest BCUT2D eigenvalue weighted by atomic mass is 19.4. The molecule has 1 N–H and O–H groups in total. The Morgan fingerprint density at radius 3 is 2.26 bits per heavy atom. The van der Waals surface area contributed by atoms with Gasteiger partial charge in [0.05, 0.1) is 17.8 Å². The predicted molar refractivity (Wildman–Crippen MR) is 112 cm³/mol. The van der Waals surface area contributed by atoms with Crippen molar-refractivity contribution in [1.82, 2.24) is 9.80 Å². The summed E-state index contributed by atoms with van der Waals surface area (Å²) in [6.07, 6.45) is -1.62. The molecule has 1 fully saturated rings. The number of likely N-dealkylation sites (N-methyl/N-ethyl adjacent to an activating group) is 1. The number of para-hydroxylation sites is 1. The van der Waals surface area contributed by atoms with Crippen molar-refractivity contribution in [3.05, 3.63) is 65.7 Å². The molecular weight excluding hydrogens is 407 g/mol. The van der Waals surface area contributed by atoms with E-state index in [0.29, 0.717) is 13.1 Å². The fraction of sp³-hybridized carbons (Fsp3) is 0.391. The smallest absolute Gasteiger partial charge is 0.341 e. The molecule has 1 saturated heterocycles. The first-order chi connectivity index (χ1) is 14.8. The summed E-state index contributed by atoms with van der Waals surface area (Å²) in [6.45, 7) is 1.10. The van der Waals surface area contributed by atoms with Gasteiger partial charge >= 0.3 is 6.18 Å². The van der Waals surface area contributed by atoms with Crippen molar-refractivity contribution >= 4 is 17.5 Å². The Morgan fingerprint density at radius 2 is 1.61 bits per heavy atom. The van der Waals surface area contributed by atoms with Crippen LogP contribution in [0.4, 0.5) is 18.9 Å². The fourth-order valence-electron chi connectivity index (χ4n) is 3.85. The normalized spacial score (nSPS) is 15.6. The summed E-state index contributed by atoms with van der Waals surface area (Å²) < 4.78 is 39.6. The third-order valence-electron chi connectivity index (χ3n) is 5.36. The molecule has 2 aromatic carbocycles. The number of nitrogens with one attached hydrogen (secondary N) is 1. The summed E-state index contributed by atoms with van der Waals surface area (Å²) in [5, 5.41) is 2.35. The van der Waals surface area contributed by atoms with Crippen LogP contribution in [0.5, 0.6) is 0 Å². The van der Waals surface area contributed by atoms with Crippen LogP contribution in [0, 0.1) is 0 Å².